The van der Waals surface area contributed by atoms with Gasteiger partial charge in [-0.3, -0.25) is 10.1 Å². The summed E-state index contributed by atoms with van der Waals surface area (Å²) in [6.45, 7) is 10.2. The molecule has 14 heavy (non-hydrogen) atoms. The van der Waals surface area contributed by atoms with Crippen LogP contribution in [0.1, 0.15) is 14.4 Å². The van der Waals surface area contributed by atoms with Crippen molar-refractivity contribution in [3.63, 3.8) is 0 Å². The van der Waals surface area contributed by atoms with Gasteiger partial charge in [-0.15, -0.1) is 0 Å². The van der Waals surface area contributed by atoms with E-state index in [1.54, 1.807) is 6.92 Å². The number of rotatable bonds is 7. The fourth-order valence-electron chi connectivity index (χ4n) is 0.750. The van der Waals surface area contributed by atoms with Crippen LogP contribution in [0, 0.1) is 0 Å². The van der Waals surface area contributed by atoms with E-state index in [0.717, 1.165) is 6.61 Å². The van der Waals surface area contributed by atoms with Crippen molar-refractivity contribution in [2.45, 2.75) is 40.0 Å². The smallest absolute Gasteiger partial charge is 0.143 e. The second kappa shape index (κ2) is 8.14. The Balaban J connectivity index is 0. The van der Waals surface area contributed by atoms with Gasteiger partial charge in [0.1, 0.15) is 5.78 Å². The van der Waals surface area contributed by atoms with E-state index in [4.69, 9.17) is 4.74 Å². The monoisotopic (exact) mass is 219 g/mol. The Labute approximate surface area is 89.2 Å². The fourth-order valence-corrected chi connectivity index (χ4v) is 1.51. The second-order valence-electron chi connectivity index (χ2n) is 4.49. The molecular formula is C10H25NO2Si. The Morgan fingerprint density at radius 1 is 1.36 bits per heavy atom. The van der Waals surface area contributed by atoms with Crippen LogP contribution in [-0.2, 0) is 9.53 Å². The van der Waals surface area contributed by atoms with Gasteiger partial charge in [0.25, 0.3) is 0 Å². The third-order valence-electron chi connectivity index (χ3n) is 1.57. The molecule has 86 valence electrons. The van der Waals surface area contributed by atoms with E-state index >= 15 is 0 Å². The molecule has 1 N–H and O–H groups in total. The van der Waals surface area contributed by atoms with Gasteiger partial charge in [-0.05, 0) is 13.0 Å². The van der Waals surface area contributed by atoms with Crippen LogP contribution in [0.15, 0.2) is 0 Å². The molecule has 0 atom stereocenters. The molecule has 0 aromatic heterocycles. The number of carbonyl (C=O) groups is 1. The molecular weight excluding hydrogens is 194 g/mol. The van der Waals surface area contributed by atoms with Crippen molar-refractivity contribution in [1.82, 2.24) is 5.32 Å². The van der Waals surface area contributed by atoms with Crippen LogP contribution in [-0.4, -0.2) is 33.7 Å². The summed E-state index contributed by atoms with van der Waals surface area (Å²) < 4.78 is 5.33. The van der Waals surface area contributed by atoms with Crippen LogP contribution >= 0.6 is 0 Å². The summed E-state index contributed by atoms with van der Waals surface area (Å²) in [6, 6.07) is 1.18. The minimum atomic E-state index is -0.959. The van der Waals surface area contributed by atoms with Crippen LogP contribution in [0.5, 0.6) is 0 Å². The highest BCUT2D eigenvalue weighted by Crippen LogP contribution is 2.06. The topological polar surface area (TPSA) is 38.3 Å². The zero-order chi connectivity index (χ0) is 10.3. The SMILES string of the molecule is C.CC(=O)CNCOCC[Si](C)(C)C. The van der Waals surface area contributed by atoms with Crippen LogP contribution in [0.4, 0.5) is 0 Å². The molecule has 0 rings (SSSR count). The first kappa shape index (κ1) is 16.2. The maximum absolute atomic E-state index is 10.5. The molecule has 0 amide bonds. The lowest BCUT2D eigenvalue weighted by Gasteiger charge is -2.15. The van der Waals surface area contributed by atoms with E-state index in [1.165, 1.54) is 6.04 Å². The van der Waals surface area contributed by atoms with E-state index in [9.17, 15) is 4.79 Å². The Kier molecular flexibility index (Phi) is 9.45. The highest BCUT2D eigenvalue weighted by molar-refractivity contribution is 6.76. The number of ketones is 1. The van der Waals surface area contributed by atoms with Crippen molar-refractivity contribution in [2.24, 2.45) is 0 Å². The maximum atomic E-state index is 10.5. The zero-order valence-electron chi connectivity index (χ0n) is 9.14. The molecule has 4 heteroatoms. The number of nitrogens with one attached hydrogen (secondary N) is 1. The molecule has 0 aliphatic heterocycles. The minimum Gasteiger partial charge on any atom is -0.367 e. The molecule has 0 spiro atoms. The van der Waals surface area contributed by atoms with Crippen LogP contribution in [0.3, 0.4) is 0 Å². The van der Waals surface area contributed by atoms with Crippen LogP contribution in [0.2, 0.25) is 25.7 Å². The molecule has 0 saturated heterocycles. The molecule has 3 nitrogen and oxygen atoms in total. The number of ether oxygens (including phenoxy) is 1. The van der Waals surface area contributed by atoms with Crippen molar-refractivity contribution in [3.05, 3.63) is 0 Å². The molecule has 0 fully saturated rings. The lowest BCUT2D eigenvalue weighted by molar-refractivity contribution is -0.116. The van der Waals surface area contributed by atoms with E-state index in [1.807, 2.05) is 0 Å². The van der Waals surface area contributed by atoms with Gasteiger partial charge < -0.3 is 4.74 Å². The summed E-state index contributed by atoms with van der Waals surface area (Å²) in [4.78, 5) is 10.5. The highest BCUT2D eigenvalue weighted by atomic mass is 28.3. The summed E-state index contributed by atoms with van der Waals surface area (Å²) in [5.41, 5.74) is 0. The number of carbonyl (C=O) groups excluding carboxylic acids is 1. The normalized spacial score (nSPS) is 10.9. The molecule has 0 unspecified atom stereocenters. The Morgan fingerprint density at radius 3 is 2.36 bits per heavy atom. The minimum absolute atomic E-state index is 0. The Hall–Kier alpha value is -0.193. The van der Waals surface area contributed by atoms with E-state index in [0.29, 0.717) is 13.3 Å². The third-order valence-corrected chi connectivity index (χ3v) is 3.28. The first-order valence-corrected chi connectivity index (χ1v) is 8.40. The number of hydrogen-bond acceptors (Lipinski definition) is 3. The average molecular weight is 219 g/mol. The molecule has 0 aromatic carbocycles. The van der Waals surface area contributed by atoms with Crippen molar-refractivity contribution in [3.8, 4) is 0 Å². The van der Waals surface area contributed by atoms with Gasteiger partial charge in [0.2, 0.25) is 0 Å². The Morgan fingerprint density at radius 2 is 1.93 bits per heavy atom. The number of Topliss-reactive ketones (excluding diaryl/α,β-unsaturated/α-hetero) is 1. The van der Waals surface area contributed by atoms with Gasteiger partial charge in [0, 0.05) is 14.7 Å². The molecule has 0 aliphatic carbocycles. The van der Waals surface area contributed by atoms with Gasteiger partial charge >= 0.3 is 0 Å². The quantitative estimate of drug-likeness (QED) is 0.405. The number of hydrogen-bond donors (Lipinski definition) is 1. The van der Waals surface area contributed by atoms with Crippen LogP contribution in [0.25, 0.3) is 0 Å². The summed E-state index contributed by atoms with van der Waals surface area (Å²) in [6.07, 6.45) is 0. The highest BCUT2D eigenvalue weighted by Gasteiger charge is 2.11. The maximum Gasteiger partial charge on any atom is 0.143 e. The second-order valence-corrected chi connectivity index (χ2v) is 10.1. The average Bonchev–Trinajstić information content (AvgIpc) is 1.93. The predicted octanol–water partition coefficient (Wildman–Crippen LogP) is 2.11. The summed E-state index contributed by atoms with van der Waals surface area (Å²) in [7, 11) is -0.959. The Bertz CT molecular complexity index is 155. The van der Waals surface area contributed by atoms with E-state index in [2.05, 4.69) is 25.0 Å². The van der Waals surface area contributed by atoms with Crippen molar-refractivity contribution >= 4 is 13.9 Å². The predicted molar refractivity (Wildman–Crippen MR) is 64.4 cm³/mol. The summed E-state index contributed by atoms with van der Waals surface area (Å²) >= 11 is 0. The molecule has 0 bridgehead atoms. The van der Waals surface area contributed by atoms with Crippen molar-refractivity contribution < 1.29 is 9.53 Å². The van der Waals surface area contributed by atoms with Gasteiger partial charge in [-0.1, -0.05) is 27.1 Å². The first-order chi connectivity index (χ1) is 5.92. The van der Waals surface area contributed by atoms with E-state index in [-0.39, 0.29) is 13.2 Å². The zero-order valence-corrected chi connectivity index (χ0v) is 10.1. The molecule has 0 aliphatic rings. The molecule has 0 radical (unpaired) electrons. The largest absolute Gasteiger partial charge is 0.367 e. The van der Waals surface area contributed by atoms with Gasteiger partial charge in [-0.25, -0.2) is 0 Å². The van der Waals surface area contributed by atoms with E-state index < -0.39 is 8.07 Å². The summed E-state index contributed by atoms with van der Waals surface area (Å²) in [5, 5.41) is 2.91. The summed E-state index contributed by atoms with van der Waals surface area (Å²) in [5.74, 6) is 0.147. The first-order valence-electron chi connectivity index (χ1n) is 4.70. The standard InChI is InChI=1S/C9H21NO2Si.CH4/c1-9(11)7-10-8-12-5-6-13(2,3)4;/h10H,5-8H2,1-4H3;1H4. The van der Waals surface area contributed by atoms with Crippen LogP contribution < -0.4 is 5.32 Å². The van der Waals surface area contributed by atoms with Gasteiger partial charge in [-0.2, -0.15) is 0 Å². The fraction of sp³-hybridized carbons (Fsp3) is 0.900. The van der Waals surface area contributed by atoms with Gasteiger partial charge in [0.05, 0.1) is 13.3 Å². The molecule has 0 aromatic rings. The molecule has 0 saturated carbocycles. The van der Waals surface area contributed by atoms with Crippen molar-refractivity contribution in [2.75, 3.05) is 19.9 Å². The molecule has 0 heterocycles. The lowest BCUT2D eigenvalue weighted by atomic mass is 10.5. The van der Waals surface area contributed by atoms with Crippen molar-refractivity contribution in [1.29, 1.82) is 0 Å². The third kappa shape index (κ3) is 14.3. The lowest BCUT2D eigenvalue weighted by Crippen LogP contribution is -2.26. The van der Waals surface area contributed by atoms with Gasteiger partial charge in [0.15, 0.2) is 0 Å².